The van der Waals surface area contributed by atoms with Crippen LogP contribution in [-0.2, 0) is 5.41 Å². The van der Waals surface area contributed by atoms with E-state index in [4.69, 9.17) is 9.47 Å². The molecule has 1 aromatic carbocycles. The summed E-state index contributed by atoms with van der Waals surface area (Å²) in [5.74, 6) is 1.25. The first kappa shape index (κ1) is 21.2. The van der Waals surface area contributed by atoms with Crippen molar-refractivity contribution in [3.8, 4) is 11.5 Å². The monoisotopic (exact) mass is 410 g/mol. The van der Waals surface area contributed by atoms with E-state index in [1.807, 2.05) is 27.7 Å². The van der Waals surface area contributed by atoms with E-state index in [1.165, 1.54) is 0 Å². The molecular weight excluding hydrogens is 384 g/mol. The predicted octanol–water partition coefficient (Wildman–Crippen LogP) is 1.07. The number of aromatic amines is 3. The minimum Gasteiger partial charge on any atom is -0.496 e. The molecule has 0 saturated heterocycles. The molecule has 0 saturated carbocycles. The van der Waals surface area contributed by atoms with Gasteiger partial charge in [0, 0.05) is 16.7 Å². The third-order valence-corrected chi connectivity index (χ3v) is 4.77. The van der Waals surface area contributed by atoms with E-state index in [1.54, 1.807) is 44.8 Å². The smallest absolute Gasteiger partial charge is 0.272 e. The van der Waals surface area contributed by atoms with Crippen LogP contribution in [0.15, 0.2) is 28.0 Å². The first-order chi connectivity index (χ1) is 14.1. The van der Waals surface area contributed by atoms with Crippen molar-refractivity contribution < 1.29 is 9.47 Å². The molecule has 8 heteroatoms. The van der Waals surface area contributed by atoms with Crippen molar-refractivity contribution >= 4 is 12.2 Å². The maximum Gasteiger partial charge on any atom is 0.272 e. The van der Waals surface area contributed by atoms with Crippen molar-refractivity contribution in [3.05, 3.63) is 72.4 Å². The van der Waals surface area contributed by atoms with Gasteiger partial charge in [0.15, 0.2) is 0 Å². The number of rotatable bonds is 4. The lowest BCUT2D eigenvalue weighted by atomic mass is 9.90. The van der Waals surface area contributed by atoms with Crippen molar-refractivity contribution in [3.63, 3.8) is 0 Å². The first-order valence-corrected chi connectivity index (χ1v) is 9.46. The highest BCUT2D eigenvalue weighted by Gasteiger charge is 2.19. The fraction of sp³-hybridized carbons (Fsp3) is 0.318. The lowest BCUT2D eigenvalue weighted by Crippen LogP contribution is -2.46. The van der Waals surface area contributed by atoms with Gasteiger partial charge in [0.25, 0.3) is 11.1 Å². The van der Waals surface area contributed by atoms with Crippen LogP contribution in [0.4, 0.5) is 0 Å². The van der Waals surface area contributed by atoms with Crippen LogP contribution in [0.5, 0.6) is 11.5 Å². The number of imidazole rings is 1. The molecule has 2 heterocycles. The zero-order chi connectivity index (χ0) is 22.1. The summed E-state index contributed by atoms with van der Waals surface area (Å²) in [4.78, 5) is 37.9. The molecule has 3 N–H and O–H groups in total. The zero-order valence-electron chi connectivity index (χ0n) is 18.0. The third-order valence-electron chi connectivity index (χ3n) is 4.77. The molecule has 3 rings (SSSR count). The summed E-state index contributed by atoms with van der Waals surface area (Å²) in [6, 6.07) is 3.55. The first-order valence-electron chi connectivity index (χ1n) is 9.46. The standard InChI is InChI=1S/C22H26N4O4/c1-12-17(29-5)8-13(9-18(12)30-6)7-15-20(27)26-16(21(28)25-15)10-14-19(22(2,3)4)24-11-23-14/h7-11H,1-6H3,(H,23,24)(H,25,28)(H,26,27)/b15-7-,16-10-. The second-order valence-electron chi connectivity index (χ2n) is 7.99. The fourth-order valence-electron chi connectivity index (χ4n) is 3.20. The topological polar surface area (TPSA) is 113 Å². The minimum absolute atomic E-state index is 0.128. The van der Waals surface area contributed by atoms with E-state index >= 15 is 0 Å². The summed E-state index contributed by atoms with van der Waals surface area (Å²) < 4.78 is 10.7. The highest BCUT2D eigenvalue weighted by molar-refractivity contribution is 5.58. The molecule has 0 bridgehead atoms. The van der Waals surface area contributed by atoms with Gasteiger partial charge in [-0.1, -0.05) is 20.8 Å². The fourth-order valence-corrected chi connectivity index (χ4v) is 3.20. The molecule has 30 heavy (non-hydrogen) atoms. The number of benzene rings is 1. The molecule has 0 aliphatic carbocycles. The largest absolute Gasteiger partial charge is 0.496 e. The molecule has 0 radical (unpaired) electrons. The second kappa shape index (κ2) is 8.06. The number of nitrogens with one attached hydrogen (secondary N) is 3. The Hall–Kier alpha value is -3.55. The van der Waals surface area contributed by atoms with E-state index in [2.05, 4.69) is 19.9 Å². The molecule has 2 aromatic heterocycles. The quantitative estimate of drug-likeness (QED) is 0.596. The van der Waals surface area contributed by atoms with E-state index in [0.29, 0.717) is 22.8 Å². The van der Waals surface area contributed by atoms with Gasteiger partial charge in [-0.2, -0.15) is 0 Å². The van der Waals surface area contributed by atoms with E-state index in [9.17, 15) is 9.59 Å². The molecule has 0 spiro atoms. The van der Waals surface area contributed by atoms with Crippen molar-refractivity contribution in [2.75, 3.05) is 14.2 Å². The van der Waals surface area contributed by atoms with Gasteiger partial charge in [-0.25, -0.2) is 4.98 Å². The predicted molar refractivity (Wildman–Crippen MR) is 116 cm³/mol. The Kier molecular flexibility index (Phi) is 5.69. The summed E-state index contributed by atoms with van der Waals surface area (Å²) in [6.07, 6.45) is 4.71. The molecule has 158 valence electrons. The van der Waals surface area contributed by atoms with E-state index in [-0.39, 0.29) is 16.1 Å². The maximum absolute atomic E-state index is 12.6. The molecule has 0 unspecified atom stereocenters. The number of methoxy groups -OCH3 is 2. The highest BCUT2D eigenvalue weighted by atomic mass is 16.5. The minimum atomic E-state index is -0.424. The van der Waals surface area contributed by atoms with Gasteiger partial charge in [0.1, 0.15) is 22.2 Å². The second-order valence-corrected chi connectivity index (χ2v) is 7.99. The van der Waals surface area contributed by atoms with Crippen molar-refractivity contribution in [1.29, 1.82) is 0 Å². The van der Waals surface area contributed by atoms with Gasteiger partial charge in [0.2, 0.25) is 0 Å². The Morgan fingerprint density at radius 2 is 1.47 bits per heavy atom. The maximum atomic E-state index is 12.6. The van der Waals surface area contributed by atoms with Crippen LogP contribution in [-0.4, -0.2) is 34.2 Å². The molecule has 3 aromatic rings. The average molecular weight is 410 g/mol. The number of ether oxygens (including phenoxy) is 2. The van der Waals surface area contributed by atoms with Gasteiger partial charge in [0.05, 0.1) is 26.2 Å². The molecule has 0 amide bonds. The van der Waals surface area contributed by atoms with Crippen LogP contribution in [0.3, 0.4) is 0 Å². The summed E-state index contributed by atoms with van der Waals surface area (Å²) in [5, 5.41) is 0.261. The van der Waals surface area contributed by atoms with Crippen molar-refractivity contribution in [2.45, 2.75) is 33.1 Å². The summed E-state index contributed by atoms with van der Waals surface area (Å²) >= 11 is 0. The Morgan fingerprint density at radius 1 is 0.933 bits per heavy atom. The Balaban J connectivity index is 2.14. The lowest BCUT2D eigenvalue weighted by molar-refractivity contribution is 0.388. The number of nitrogens with zero attached hydrogens (tertiary/aromatic N) is 1. The number of aromatic nitrogens is 4. The Labute approximate surface area is 173 Å². The summed E-state index contributed by atoms with van der Waals surface area (Å²) in [5.41, 5.74) is 1.95. The van der Waals surface area contributed by atoms with E-state index < -0.39 is 11.1 Å². The van der Waals surface area contributed by atoms with Gasteiger partial charge in [-0.15, -0.1) is 0 Å². The normalized spacial score (nSPS) is 13.0. The molecule has 0 fully saturated rings. The molecule has 0 aliphatic rings. The van der Waals surface area contributed by atoms with Gasteiger partial charge in [-0.05, 0) is 36.8 Å². The van der Waals surface area contributed by atoms with Crippen LogP contribution < -0.4 is 31.3 Å². The van der Waals surface area contributed by atoms with Gasteiger partial charge in [-0.3, -0.25) is 9.59 Å². The zero-order valence-corrected chi connectivity index (χ0v) is 18.0. The SMILES string of the molecule is COc1cc(/C=c2\[nH]c(=O)/c(=C/c3nc[nH]c3C(C)(C)C)[nH]c2=O)cc(OC)c1C. The summed E-state index contributed by atoms with van der Waals surface area (Å²) in [7, 11) is 3.12. The highest BCUT2D eigenvalue weighted by Crippen LogP contribution is 2.29. The molecule has 8 nitrogen and oxygen atoms in total. The van der Waals surface area contributed by atoms with Crippen LogP contribution in [0.2, 0.25) is 0 Å². The van der Waals surface area contributed by atoms with Crippen molar-refractivity contribution in [1.82, 2.24) is 19.9 Å². The van der Waals surface area contributed by atoms with Crippen molar-refractivity contribution in [2.24, 2.45) is 0 Å². The molecular formula is C22H26N4O4. The van der Waals surface area contributed by atoms with Crippen LogP contribution in [0.1, 0.15) is 43.3 Å². The Bertz CT molecular complexity index is 1280. The number of H-pyrrole nitrogens is 3. The molecule has 0 aliphatic heterocycles. The van der Waals surface area contributed by atoms with Crippen LogP contribution in [0.25, 0.3) is 12.2 Å². The number of hydrogen-bond donors (Lipinski definition) is 3. The summed E-state index contributed by atoms with van der Waals surface area (Å²) in [6.45, 7) is 7.98. The Morgan fingerprint density at radius 3 is 1.97 bits per heavy atom. The molecule has 0 atom stereocenters. The van der Waals surface area contributed by atoms with Crippen LogP contribution in [0, 0.1) is 6.92 Å². The van der Waals surface area contributed by atoms with Crippen LogP contribution >= 0.6 is 0 Å². The lowest BCUT2D eigenvalue weighted by Gasteiger charge is -2.16. The van der Waals surface area contributed by atoms with E-state index in [0.717, 1.165) is 11.3 Å². The number of hydrogen-bond acceptors (Lipinski definition) is 5. The third kappa shape index (κ3) is 4.22. The average Bonchev–Trinajstić information content (AvgIpc) is 3.15. The van der Waals surface area contributed by atoms with Gasteiger partial charge >= 0.3 is 0 Å². The van der Waals surface area contributed by atoms with Gasteiger partial charge < -0.3 is 24.4 Å².